The molecule has 25 heavy (non-hydrogen) atoms. The van der Waals surface area contributed by atoms with Crippen LogP contribution in [0.5, 0.6) is 5.75 Å². The topological polar surface area (TPSA) is 39.9 Å². The largest absolute Gasteiger partial charge is 0.483 e. The molecule has 1 heterocycles. The van der Waals surface area contributed by atoms with Gasteiger partial charge in [0.15, 0.2) is 17.1 Å². The monoisotopic (exact) mass is 357 g/mol. The van der Waals surface area contributed by atoms with E-state index in [2.05, 4.69) is 21.7 Å². The van der Waals surface area contributed by atoms with E-state index in [1.165, 1.54) is 12.1 Å². The van der Waals surface area contributed by atoms with Gasteiger partial charge in [-0.2, -0.15) is 0 Å². The van der Waals surface area contributed by atoms with E-state index in [0.717, 1.165) is 28.8 Å². The first kappa shape index (κ1) is 17.5. The van der Waals surface area contributed by atoms with Gasteiger partial charge in [0, 0.05) is 12.3 Å². The van der Waals surface area contributed by atoms with Crippen LogP contribution in [-0.4, -0.2) is 14.8 Å². The SMILES string of the molecule is CCn1c(SCc2ccc(F)cc2)nnc1[C@H](C)Oc1ccccc1. The average molecular weight is 357 g/mol. The highest BCUT2D eigenvalue weighted by molar-refractivity contribution is 7.98. The van der Waals surface area contributed by atoms with Gasteiger partial charge in [-0.15, -0.1) is 10.2 Å². The maximum absolute atomic E-state index is 13.0. The number of aromatic nitrogens is 3. The lowest BCUT2D eigenvalue weighted by atomic mass is 10.2. The van der Waals surface area contributed by atoms with Crippen LogP contribution in [0.3, 0.4) is 0 Å². The Morgan fingerprint density at radius 3 is 2.48 bits per heavy atom. The molecule has 6 heteroatoms. The van der Waals surface area contributed by atoms with Gasteiger partial charge in [-0.1, -0.05) is 42.1 Å². The third kappa shape index (κ3) is 4.39. The Bertz CT molecular complexity index is 805. The quantitative estimate of drug-likeness (QED) is 0.566. The van der Waals surface area contributed by atoms with E-state index in [9.17, 15) is 4.39 Å². The van der Waals surface area contributed by atoms with E-state index in [0.29, 0.717) is 5.75 Å². The van der Waals surface area contributed by atoms with E-state index in [1.807, 2.05) is 37.3 Å². The van der Waals surface area contributed by atoms with Crippen LogP contribution in [0.2, 0.25) is 0 Å². The molecule has 0 aliphatic heterocycles. The summed E-state index contributed by atoms with van der Waals surface area (Å²) >= 11 is 1.59. The second-order valence-corrected chi connectivity index (χ2v) is 6.52. The van der Waals surface area contributed by atoms with E-state index in [-0.39, 0.29) is 11.9 Å². The molecule has 0 spiro atoms. The Morgan fingerprint density at radius 1 is 1.08 bits per heavy atom. The normalized spacial score (nSPS) is 12.1. The maximum atomic E-state index is 13.0. The molecule has 0 amide bonds. The highest BCUT2D eigenvalue weighted by Crippen LogP contribution is 2.26. The van der Waals surface area contributed by atoms with Crippen LogP contribution in [0.1, 0.15) is 31.3 Å². The van der Waals surface area contributed by atoms with Crippen molar-refractivity contribution in [3.63, 3.8) is 0 Å². The number of hydrogen-bond acceptors (Lipinski definition) is 4. The number of benzene rings is 2. The van der Waals surface area contributed by atoms with Gasteiger partial charge in [0.1, 0.15) is 11.6 Å². The standard InChI is InChI=1S/C19H20FN3OS/c1-3-23-18(14(2)24-17-7-5-4-6-8-17)21-22-19(23)25-13-15-9-11-16(20)12-10-15/h4-12,14H,3,13H2,1-2H3/t14-/m0/s1. The number of nitrogens with zero attached hydrogens (tertiary/aromatic N) is 3. The highest BCUT2D eigenvalue weighted by Gasteiger charge is 2.18. The molecule has 130 valence electrons. The van der Waals surface area contributed by atoms with Gasteiger partial charge in [-0.3, -0.25) is 0 Å². The Hall–Kier alpha value is -2.34. The molecule has 2 aromatic carbocycles. The third-order valence-corrected chi connectivity index (χ3v) is 4.80. The molecule has 0 bridgehead atoms. The molecule has 0 saturated carbocycles. The van der Waals surface area contributed by atoms with Crippen molar-refractivity contribution in [3.8, 4) is 5.75 Å². The number of rotatable bonds is 7. The zero-order valence-corrected chi connectivity index (χ0v) is 15.0. The van der Waals surface area contributed by atoms with Crippen molar-refractivity contribution in [2.75, 3.05) is 0 Å². The molecule has 0 radical (unpaired) electrons. The first-order chi connectivity index (χ1) is 12.2. The summed E-state index contributed by atoms with van der Waals surface area (Å²) in [4.78, 5) is 0. The number of para-hydroxylation sites is 1. The lowest BCUT2D eigenvalue weighted by Crippen LogP contribution is -2.11. The van der Waals surface area contributed by atoms with Crippen LogP contribution in [0.4, 0.5) is 4.39 Å². The van der Waals surface area contributed by atoms with Crippen LogP contribution in [0.25, 0.3) is 0 Å². The Kier molecular flexibility index (Phi) is 5.71. The second-order valence-electron chi connectivity index (χ2n) is 5.57. The van der Waals surface area contributed by atoms with E-state index >= 15 is 0 Å². The summed E-state index contributed by atoms with van der Waals surface area (Å²) in [6.07, 6.45) is -0.199. The molecule has 0 aliphatic carbocycles. The van der Waals surface area contributed by atoms with Crippen LogP contribution < -0.4 is 4.74 Å². The van der Waals surface area contributed by atoms with Gasteiger partial charge in [-0.05, 0) is 43.7 Å². The molecule has 0 unspecified atom stereocenters. The molecule has 3 aromatic rings. The van der Waals surface area contributed by atoms with E-state index < -0.39 is 0 Å². The van der Waals surface area contributed by atoms with Crippen LogP contribution in [-0.2, 0) is 12.3 Å². The van der Waals surface area contributed by atoms with Crippen molar-refractivity contribution in [1.82, 2.24) is 14.8 Å². The summed E-state index contributed by atoms with van der Waals surface area (Å²) in [6.45, 7) is 4.79. The van der Waals surface area contributed by atoms with Crippen LogP contribution in [0.15, 0.2) is 59.8 Å². The van der Waals surface area contributed by atoms with Crippen molar-refractivity contribution in [3.05, 3.63) is 71.8 Å². The van der Waals surface area contributed by atoms with Gasteiger partial charge >= 0.3 is 0 Å². The smallest absolute Gasteiger partial charge is 0.191 e. The Labute approximate surface area is 151 Å². The minimum atomic E-state index is -0.223. The summed E-state index contributed by atoms with van der Waals surface area (Å²) in [5.41, 5.74) is 1.05. The van der Waals surface area contributed by atoms with Gasteiger partial charge in [-0.25, -0.2) is 4.39 Å². The highest BCUT2D eigenvalue weighted by atomic mass is 32.2. The predicted molar refractivity (Wildman–Crippen MR) is 97.1 cm³/mol. The maximum Gasteiger partial charge on any atom is 0.191 e. The first-order valence-corrected chi connectivity index (χ1v) is 9.18. The minimum Gasteiger partial charge on any atom is -0.483 e. The van der Waals surface area contributed by atoms with Crippen molar-refractivity contribution in [1.29, 1.82) is 0 Å². The van der Waals surface area contributed by atoms with E-state index in [4.69, 9.17) is 4.74 Å². The molecule has 0 N–H and O–H groups in total. The summed E-state index contributed by atoms with van der Waals surface area (Å²) in [7, 11) is 0. The number of thioether (sulfide) groups is 1. The van der Waals surface area contributed by atoms with Crippen molar-refractivity contribution in [2.24, 2.45) is 0 Å². The molecular formula is C19H20FN3OS. The lowest BCUT2D eigenvalue weighted by molar-refractivity contribution is 0.210. The molecule has 4 nitrogen and oxygen atoms in total. The van der Waals surface area contributed by atoms with Gasteiger partial charge in [0.2, 0.25) is 0 Å². The molecule has 1 aromatic heterocycles. The van der Waals surface area contributed by atoms with Gasteiger partial charge in [0.05, 0.1) is 0 Å². The van der Waals surface area contributed by atoms with Crippen molar-refractivity contribution >= 4 is 11.8 Å². The summed E-state index contributed by atoms with van der Waals surface area (Å²) in [5.74, 6) is 2.10. The number of ether oxygens (including phenoxy) is 1. The van der Waals surface area contributed by atoms with Crippen LogP contribution >= 0.6 is 11.8 Å². The Balaban J connectivity index is 1.70. The number of halogens is 1. The molecule has 1 atom stereocenters. The summed E-state index contributed by atoms with van der Waals surface area (Å²) in [6, 6.07) is 16.2. The zero-order valence-electron chi connectivity index (χ0n) is 14.2. The fraction of sp³-hybridized carbons (Fsp3) is 0.263. The fourth-order valence-corrected chi connectivity index (χ4v) is 3.45. The third-order valence-electron chi connectivity index (χ3n) is 3.76. The fourth-order valence-electron chi connectivity index (χ4n) is 2.49. The predicted octanol–water partition coefficient (Wildman–Crippen LogP) is 4.87. The first-order valence-electron chi connectivity index (χ1n) is 8.19. The molecular weight excluding hydrogens is 337 g/mol. The summed E-state index contributed by atoms with van der Waals surface area (Å²) in [5, 5.41) is 9.46. The molecule has 0 aliphatic rings. The van der Waals surface area contributed by atoms with Crippen molar-refractivity contribution < 1.29 is 9.13 Å². The van der Waals surface area contributed by atoms with Crippen LogP contribution in [0, 0.1) is 5.82 Å². The molecule has 0 fully saturated rings. The Morgan fingerprint density at radius 2 is 1.80 bits per heavy atom. The molecule has 3 rings (SSSR count). The van der Waals surface area contributed by atoms with E-state index in [1.54, 1.807) is 23.9 Å². The number of hydrogen-bond donors (Lipinski definition) is 0. The second kappa shape index (κ2) is 8.16. The average Bonchev–Trinajstić information content (AvgIpc) is 3.05. The van der Waals surface area contributed by atoms with Crippen molar-refractivity contribution in [2.45, 2.75) is 37.4 Å². The minimum absolute atomic E-state index is 0.199. The van der Waals surface area contributed by atoms with Gasteiger partial charge in [0.25, 0.3) is 0 Å². The summed E-state index contributed by atoms with van der Waals surface area (Å²) < 4.78 is 21.0. The lowest BCUT2D eigenvalue weighted by Gasteiger charge is -2.15. The molecule has 0 saturated heterocycles. The zero-order chi connectivity index (χ0) is 17.6. The van der Waals surface area contributed by atoms with Gasteiger partial charge < -0.3 is 9.30 Å².